The molecule has 2 fully saturated rings. The van der Waals surface area contributed by atoms with Gasteiger partial charge < -0.3 is 14.5 Å². The van der Waals surface area contributed by atoms with Crippen molar-refractivity contribution in [2.24, 2.45) is 5.92 Å². The Kier molecular flexibility index (Phi) is 5.89. The van der Waals surface area contributed by atoms with E-state index >= 15 is 0 Å². The van der Waals surface area contributed by atoms with Crippen LogP contribution in [0.25, 0.3) is 0 Å². The topological polar surface area (TPSA) is 58.6 Å². The van der Waals surface area contributed by atoms with Gasteiger partial charge in [-0.2, -0.15) is 0 Å². The van der Waals surface area contributed by atoms with Gasteiger partial charge in [0.05, 0.1) is 13.2 Å². The zero-order chi connectivity index (χ0) is 18.5. The molecule has 0 radical (unpaired) electrons. The Morgan fingerprint density at radius 1 is 1.00 bits per heavy atom. The molecule has 1 aromatic carbocycles. The number of aromatic nitrogens is 2. The summed E-state index contributed by atoms with van der Waals surface area (Å²) in [6, 6.07) is 10.2. The fourth-order valence-corrected chi connectivity index (χ4v) is 4.49. The molecule has 2 aliphatic rings. The monoisotopic (exact) mass is 384 g/mol. The Morgan fingerprint density at radius 2 is 1.70 bits per heavy atom. The largest absolute Gasteiger partial charge is 0.378 e. The molecule has 4 rings (SSSR count). The van der Waals surface area contributed by atoms with Crippen LogP contribution in [-0.2, 0) is 9.53 Å². The maximum Gasteiger partial charge on any atom is 0.225 e. The van der Waals surface area contributed by atoms with Gasteiger partial charge in [0.25, 0.3) is 0 Å². The molecule has 0 bridgehead atoms. The third-order valence-electron chi connectivity index (χ3n) is 5.07. The maximum atomic E-state index is 12.7. The number of carbonyl (C=O) groups excluding carboxylic acids is 1. The molecule has 2 aromatic rings. The molecule has 1 aromatic heterocycles. The summed E-state index contributed by atoms with van der Waals surface area (Å²) in [7, 11) is 0. The van der Waals surface area contributed by atoms with Crippen molar-refractivity contribution in [2.75, 3.05) is 44.3 Å². The van der Waals surface area contributed by atoms with E-state index in [0.717, 1.165) is 54.8 Å². The Labute approximate surface area is 163 Å². The van der Waals surface area contributed by atoms with Crippen molar-refractivity contribution in [3.63, 3.8) is 0 Å². The van der Waals surface area contributed by atoms with E-state index in [-0.39, 0.29) is 11.8 Å². The van der Waals surface area contributed by atoms with Gasteiger partial charge in [0, 0.05) is 49.4 Å². The lowest BCUT2D eigenvalue weighted by Crippen LogP contribution is -2.47. The van der Waals surface area contributed by atoms with Crippen molar-refractivity contribution in [3.8, 4) is 0 Å². The fraction of sp³-hybridized carbons (Fsp3) is 0.450. The normalized spacial score (nSPS) is 18.5. The molecule has 2 aliphatic heterocycles. The van der Waals surface area contributed by atoms with Crippen LogP contribution >= 0.6 is 11.8 Å². The van der Waals surface area contributed by atoms with E-state index in [9.17, 15) is 4.79 Å². The molecule has 2 saturated heterocycles. The van der Waals surface area contributed by atoms with Crippen LogP contribution in [0.4, 0.5) is 5.82 Å². The minimum absolute atomic E-state index is 0.112. The number of rotatable bonds is 4. The van der Waals surface area contributed by atoms with Gasteiger partial charge in [0.15, 0.2) is 5.82 Å². The Hall–Kier alpha value is -2.12. The van der Waals surface area contributed by atoms with Gasteiger partial charge in [0.2, 0.25) is 5.91 Å². The number of piperidine rings is 1. The van der Waals surface area contributed by atoms with Crippen LogP contribution < -0.4 is 4.90 Å². The number of morpholine rings is 1. The van der Waals surface area contributed by atoms with Gasteiger partial charge in [-0.1, -0.05) is 30.0 Å². The minimum Gasteiger partial charge on any atom is -0.378 e. The maximum absolute atomic E-state index is 12.7. The Balaban J connectivity index is 1.40. The van der Waals surface area contributed by atoms with E-state index < -0.39 is 0 Å². The fourth-order valence-electron chi connectivity index (χ4n) is 3.59. The first-order valence-corrected chi connectivity index (χ1v) is 10.3. The first kappa shape index (κ1) is 18.3. The number of anilines is 1. The predicted molar refractivity (Wildman–Crippen MR) is 105 cm³/mol. The Morgan fingerprint density at radius 3 is 2.44 bits per heavy atom. The van der Waals surface area contributed by atoms with Crippen LogP contribution in [-0.4, -0.2) is 60.2 Å². The molecular weight excluding hydrogens is 360 g/mol. The summed E-state index contributed by atoms with van der Waals surface area (Å²) in [5.41, 5.74) is 0. The molecule has 0 spiro atoms. The lowest BCUT2D eigenvalue weighted by molar-refractivity contribution is -0.140. The summed E-state index contributed by atoms with van der Waals surface area (Å²) < 4.78 is 5.35. The van der Waals surface area contributed by atoms with Crippen LogP contribution in [0.15, 0.2) is 52.6 Å². The van der Waals surface area contributed by atoms with Crippen molar-refractivity contribution < 1.29 is 9.53 Å². The average molecular weight is 385 g/mol. The van der Waals surface area contributed by atoms with Gasteiger partial charge in [-0.3, -0.25) is 4.79 Å². The van der Waals surface area contributed by atoms with Crippen molar-refractivity contribution in [2.45, 2.75) is 22.8 Å². The molecule has 142 valence electrons. The summed E-state index contributed by atoms with van der Waals surface area (Å²) in [6.07, 6.45) is 5.21. The molecule has 0 N–H and O–H groups in total. The molecule has 0 unspecified atom stereocenters. The highest BCUT2D eigenvalue weighted by molar-refractivity contribution is 7.99. The van der Waals surface area contributed by atoms with Gasteiger partial charge in [-0.15, -0.1) is 0 Å². The molecule has 0 atom stereocenters. The molecule has 27 heavy (non-hydrogen) atoms. The van der Waals surface area contributed by atoms with Crippen LogP contribution in [0.3, 0.4) is 0 Å². The van der Waals surface area contributed by atoms with E-state index in [1.807, 2.05) is 23.1 Å². The first-order chi connectivity index (χ1) is 13.3. The second kappa shape index (κ2) is 8.71. The van der Waals surface area contributed by atoms with Crippen LogP contribution in [0.5, 0.6) is 0 Å². The smallest absolute Gasteiger partial charge is 0.225 e. The number of hydrogen-bond acceptors (Lipinski definition) is 6. The predicted octanol–water partition coefficient (Wildman–Crippen LogP) is 2.70. The third kappa shape index (κ3) is 4.42. The second-order valence-electron chi connectivity index (χ2n) is 6.80. The van der Waals surface area contributed by atoms with Gasteiger partial charge in [0.1, 0.15) is 5.03 Å². The van der Waals surface area contributed by atoms with E-state index in [1.54, 1.807) is 24.2 Å². The SMILES string of the molecule is O=C(C1CCN(c2nccnc2Sc2ccccc2)CC1)N1CCOCC1. The highest BCUT2D eigenvalue weighted by Gasteiger charge is 2.30. The number of ether oxygens (including phenoxy) is 1. The number of benzene rings is 1. The van der Waals surface area contributed by atoms with Crippen molar-refractivity contribution >= 4 is 23.5 Å². The first-order valence-electron chi connectivity index (χ1n) is 9.46. The lowest BCUT2D eigenvalue weighted by Gasteiger charge is -2.36. The second-order valence-corrected chi connectivity index (χ2v) is 7.86. The third-order valence-corrected chi connectivity index (χ3v) is 6.06. The van der Waals surface area contributed by atoms with E-state index in [2.05, 4.69) is 27.0 Å². The zero-order valence-corrected chi connectivity index (χ0v) is 16.1. The van der Waals surface area contributed by atoms with Crippen molar-refractivity contribution in [1.29, 1.82) is 0 Å². The molecular formula is C20H24N4O2S. The number of hydrogen-bond donors (Lipinski definition) is 0. The molecule has 0 aliphatic carbocycles. The van der Waals surface area contributed by atoms with E-state index in [1.165, 1.54) is 0 Å². The number of nitrogens with zero attached hydrogens (tertiary/aromatic N) is 4. The molecule has 0 saturated carbocycles. The summed E-state index contributed by atoms with van der Waals surface area (Å²) in [6.45, 7) is 4.43. The highest BCUT2D eigenvalue weighted by atomic mass is 32.2. The van der Waals surface area contributed by atoms with Gasteiger partial charge in [-0.05, 0) is 25.0 Å². The average Bonchev–Trinajstić information content (AvgIpc) is 2.75. The van der Waals surface area contributed by atoms with E-state index in [4.69, 9.17) is 4.74 Å². The number of amides is 1. The van der Waals surface area contributed by atoms with Crippen LogP contribution in [0.1, 0.15) is 12.8 Å². The van der Waals surface area contributed by atoms with Gasteiger partial charge >= 0.3 is 0 Å². The highest BCUT2D eigenvalue weighted by Crippen LogP contribution is 2.34. The summed E-state index contributed by atoms with van der Waals surface area (Å²) in [4.78, 5) is 27.2. The quantitative estimate of drug-likeness (QED) is 0.808. The summed E-state index contributed by atoms with van der Waals surface area (Å²) >= 11 is 1.63. The molecule has 6 nitrogen and oxygen atoms in total. The minimum atomic E-state index is 0.112. The van der Waals surface area contributed by atoms with Gasteiger partial charge in [-0.25, -0.2) is 9.97 Å². The standard InChI is InChI=1S/C20H24N4O2S/c25-20(24-12-14-26-15-13-24)16-6-10-23(11-7-16)18-19(22-9-8-21-18)27-17-4-2-1-3-5-17/h1-5,8-9,16H,6-7,10-15H2. The zero-order valence-electron chi connectivity index (χ0n) is 15.3. The van der Waals surface area contributed by atoms with Crippen LogP contribution in [0, 0.1) is 5.92 Å². The summed E-state index contributed by atoms with van der Waals surface area (Å²) in [5, 5.41) is 0.918. The Bertz CT molecular complexity index is 760. The molecule has 1 amide bonds. The van der Waals surface area contributed by atoms with E-state index in [0.29, 0.717) is 13.2 Å². The lowest BCUT2D eigenvalue weighted by atomic mass is 9.95. The number of carbonyl (C=O) groups is 1. The molecule has 3 heterocycles. The van der Waals surface area contributed by atoms with Crippen molar-refractivity contribution in [3.05, 3.63) is 42.7 Å². The summed E-state index contributed by atoms with van der Waals surface area (Å²) in [5.74, 6) is 1.32. The van der Waals surface area contributed by atoms with Crippen molar-refractivity contribution in [1.82, 2.24) is 14.9 Å². The molecule has 7 heteroatoms. The van der Waals surface area contributed by atoms with Crippen LogP contribution in [0.2, 0.25) is 0 Å².